The van der Waals surface area contributed by atoms with E-state index < -0.39 is 0 Å². The lowest BCUT2D eigenvalue weighted by Crippen LogP contribution is -2.59. The molecule has 0 bridgehead atoms. The minimum Gasteiger partial charge on any atom is -0.337 e. The molecule has 1 atom stereocenters. The maximum absolute atomic E-state index is 12.0. The highest BCUT2D eigenvalue weighted by molar-refractivity contribution is 5.78. The predicted molar refractivity (Wildman–Crippen MR) is 72.0 cm³/mol. The Morgan fingerprint density at radius 2 is 1.94 bits per heavy atom. The summed E-state index contributed by atoms with van der Waals surface area (Å²) in [6, 6.07) is 0.337. The van der Waals surface area contributed by atoms with Crippen LogP contribution in [0.3, 0.4) is 0 Å². The monoisotopic (exact) mass is 240 g/mol. The van der Waals surface area contributed by atoms with E-state index in [2.05, 4.69) is 32.6 Å². The first-order valence-corrected chi connectivity index (χ1v) is 6.85. The second-order valence-corrected chi connectivity index (χ2v) is 6.15. The molecular formula is C14H28N2O. The summed E-state index contributed by atoms with van der Waals surface area (Å²) < 4.78 is 0. The van der Waals surface area contributed by atoms with Crippen molar-refractivity contribution in [1.29, 1.82) is 0 Å². The quantitative estimate of drug-likeness (QED) is 0.756. The zero-order chi connectivity index (χ0) is 13.2. The standard InChI is InChI=1S/C14H28N2O/c1-7-14(5,6)15-8-9-16(12(4)10-15)13(17)11(2)3/h11-12H,7-10H2,1-6H3/t12-/m0/s1. The highest BCUT2D eigenvalue weighted by atomic mass is 16.2. The topological polar surface area (TPSA) is 23.6 Å². The van der Waals surface area contributed by atoms with Crippen LogP contribution >= 0.6 is 0 Å². The first kappa shape index (κ1) is 14.5. The summed E-state index contributed by atoms with van der Waals surface area (Å²) in [6.07, 6.45) is 1.15. The molecule has 0 aromatic rings. The molecule has 3 heteroatoms. The second kappa shape index (κ2) is 5.38. The largest absolute Gasteiger partial charge is 0.337 e. The van der Waals surface area contributed by atoms with Crippen LogP contribution in [0.5, 0.6) is 0 Å². The van der Waals surface area contributed by atoms with E-state index in [1.165, 1.54) is 0 Å². The van der Waals surface area contributed by atoms with Crippen molar-refractivity contribution in [1.82, 2.24) is 9.80 Å². The average molecular weight is 240 g/mol. The zero-order valence-corrected chi connectivity index (χ0v) is 12.3. The molecule has 1 heterocycles. The number of hydrogen-bond acceptors (Lipinski definition) is 2. The molecule has 17 heavy (non-hydrogen) atoms. The third kappa shape index (κ3) is 3.21. The summed E-state index contributed by atoms with van der Waals surface area (Å²) in [5.74, 6) is 0.412. The second-order valence-electron chi connectivity index (χ2n) is 6.15. The third-order valence-corrected chi connectivity index (χ3v) is 4.13. The van der Waals surface area contributed by atoms with Crippen molar-refractivity contribution >= 4 is 5.91 Å². The SMILES string of the molecule is CCC(C)(C)N1CCN(C(=O)C(C)C)[C@@H](C)C1. The molecule has 3 nitrogen and oxygen atoms in total. The van der Waals surface area contributed by atoms with E-state index in [-0.39, 0.29) is 11.5 Å². The van der Waals surface area contributed by atoms with E-state index >= 15 is 0 Å². The average Bonchev–Trinajstić information content (AvgIpc) is 2.27. The van der Waals surface area contributed by atoms with Crippen LogP contribution in [0.1, 0.15) is 48.0 Å². The lowest BCUT2D eigenvalue weighted by Gasteiger charge is -2.47. The molecule has 0 aromatic heterocycles. The molecule has 0 radical (unpaired) electrons. The van der Waals surface area contributed by atoms with Crippen LogP contribution in [0.4, 0.5) is 0 Å². The molecule has 1 fully saturated rings. The molecule has 0 unspecified atom stereocenters. The van der Waals surface area contributed by atoms with Gasteiger partial charge in [-0.3, -0.25) is 9.69 Å². The van der Waals surface area contributed by atoms with Crippen LogP contribution in [0.2, 0.25) is 0 Å². The van der Waals surface area contributed by atoms with Crippen LogP contribution in [-0.2, 0) is 4.79 Å². The fraction of sp³-hybridized carbons (Fsp3) is 0.929. The molecule has 1 aliphatic rings. The zero-order valence-electron chi connectivity index (χ0n) is 12.3. The Morgan fingerprint density at radius 3 is 2.35 bits per heavy atom. The smallest absolute Gasteiger partial charge is 0.225 e. The van der Waals surface area contributed by atoms with Crippen molar-refractivity contribution in [2.45, 2.75) is 59.5 Å². The molecule has 0 aliphatic carbocycles. The molecular weight excluding hydrogens is 212 g/mol. The molecule has 1 aliphatic heterocycles. The number of piperazine rings is 1. The van der Waals surface area contributed by atoms with Gasteiger partial charge in [-0.25, -0.2) is 0 Å². The van der Waals surface area contributed by atoms with Crippen LogP contribution in [0.25, 0.3) is 0 Å². The molecule has 0 saturated carbocycles. The van der Waals surface area contributed by atoms with Gasteiger partial charge in [-0.15, -0.1) is 0 Å². The van der Waals surface area contributed by atoms with Crippen LogP contribution < -0.4 is 0 Å². The lowest BCUT2D eigenvalue weighted by molar-refractivity contribution is -0.140. The van der Waals surface area contributed by atoms with E-state index in [4.69, 9.17) is 0 Å². The van der Waals surface area contributed by atoms with Gasteiger partial charge in [-0.2, -0.15) is 0 Å². The molecule has 0 N–H and O–H groups in total. The number of carbonyl (C=O) groups excluding carboxylic acids is 1. The molecule has 1 rings (SSSR count). The number of hydrogen-bond donors (Lipinski definition) is 0. The Hall–Kier alpha value is -0.570. The fourth-order valence-corrected chi connectivity index (χ4v) is 2.39. The predicted octanol–water partition coefficient (Wildman–Crippen LogP) is 2.36. The normalized spacial score (nSPS) is 23.2. The van der Waals surface area contributed by atoms with Gasteiger partial charge in [0.2, 0.25) is 5.91 Å². The Morgan fingerprint density at radius 1 is 1.35 bits per heavy atom. The first-order chi connectivity index (χ1) is 7.79. The van der Waals surface area contributed by atoms with E-state index in [9.17, 15) is 4.79 Å². The lowest BCUT2D eigenvalue weighted by atomic mass is 9.96. The van der Waals surface area contributed by atoms with Gasteiger partial charge >= 0.3 is 0 Å². The Kier molecular flexibility index (Phi) is 4.59. The number of nitrogens with zero attached hydrogens (tertiary/aromatic N) is 2. The minimum atomic E-state index is 0.114. The molecule has 1 saturated heterocycles. The number of amides is 1. The summed E-state index contributed by atoms with van der Waals surface area (Å²) >= 11 is 0. The van der Waals surface area contributed by atoms with E-state index in [1.807, 2.05) is 18.7 Å². The van der Waals surface area contributed by atoms with Gasteiger partial charge in [0.05, 0.1) is 0 Å². The van der Waals surface area contributed by atoms with Gasteiger partial charge < -0.3 is 4.90 Å². The fourth-order valence-electron chi connectivity index (χ4n) is 2.39. The van der Waals surface area contributed by atoms with Gasteiger partial charge in [0, 0.05) is 37.1 Å². The van der Waals surface area contributed by atoms with Crippen LogP contribution in [0, 0.1) is 5.92 Å². The maximum Gasteiger partial charge on any atom is 0.225 e. The van der Waals surface area contributed by atoms with Gasteiger partial charge in [0.25, 0.3) is 0 Å². The van der Waals surface area contributed by atoms with Crippen molar-refractivity contribution in [3.63, 3.8) is 0 Å². The summed E-state index contributed by atoms with van der Waals surface area (Å²) in [4.78, 5) is 16.6. The summed E-state index contributed by atoms with van der Waals surface area (Å²) in [5, 5.41) is 0. The minimum absolute atomic E-state index is 0.114. The highest BCUT2D eigenvalue weighted by Gasteiger charge is 2.34. The summed E-state index contributed by atoms with van der Waals surface area (Å²) in [7, 11) is 0. The van der Waals surface area contributed by atoms with Crippen LogP contribution in [0.15, 0.2) is 0 Å². The van der Waals surface area contributed by atoms with Crippen molar-refractivity contribution in [3.8, 4) is 0 Å². The van der Waals surface area contributed by atoms with E-state index in [0.717, 1.165) is 26.1 Å². The van der Waals surface area contributed by atoms with E-state index in [1.54, 1.807) is 0 Å². The van der Waals surface area contributed by atoms with Crippen molar-refractivity contribution in [2.75, 3.05) is 19.6 Å². The first-order valence-electron chi connectivity index (χ1n) is 6.85. The Balaban J connectivity index is 2.65. The van der Waals surface area contributed by atoms with Gasteiger partial charge in [0.1, 0.15) is 0 Å². The number of carbonyl (C=O) groups is 1. The van der Waals surface area contributed by atoms with Crippen molar-refractivity contribution in [2.24, 2.45) is 5.92 Å². The van der Waals surface area contributed by atoms with Crippen LogP contribution in [-0.4, -0.2) is 46.9 Å². The number of rotatable bonds is 3. The van der Waals surface area contributed by atoms with Crippen molar-refractivity contribution < 1.29 is 4.79 Å². The third-order valence-electron chi connectivity index (χ3n) is 4.13. The summed E-state index contributed by atoms with van der Waals surface area (Å²) in [6.45, 7) is 15.8. The summed E-state index contributed by atoms with van der Waals surface area (Å²) in [5.41, 5.74) is 0.251. The molecule has 0 aromatic carbocycles. The molecule has 0 spiro atoms. The van der Waals surface area contributed by atoms with Gasteiger partial charge in [-0.05, 0) is 27.2 Å². The molecule has 100 valence electrons. The molecule has 1 amide bonds. The van der Waals surface area contributed by atoms with Gasteiger partial charge in [-0.1, -0.05) is 20.8 Å². The Labute approximate surface area is 106 Å². The van der Waals surface area contributed by atoms with Crippen molar-refractivity contribution in [3.05, 3.63) is 0 Å². The van der Waals surface area contributed by atoms with Gasteiger partial charge in [0.15, 0.2) is 0 Å². The Bertz CT molecular complexity index is 273. The van der Waals surface area contributed by atoms with E-state index in [0.29, 0.717) is 11.9 Å². The highest BCUT2D eigenvalue weighted by Crippen LogP contribution is 2.23. The maximum atomic E-state index is 12.0.